The average molecular weight is 261 g/mol. The molecule has 96 valence electrons. The molecule has 0 aliphatic rings. The Morgan fingerprint density at radius 3 is 2.83 bits per heavy atom. The van der Waals surface area contributed by atoms with E-state index in [9.17, 15) is 0 Å². The molecule has 0 saturated heterocycles. The van der Waals surface area contributed by atoms with Crippen LogP contribution in [0.5, 0.6) is 5.75 Å². The van der Waals surface area contributed by atoms with Gasteiger partial charge in [0.05, 0.1) is 7.11 Å². The van der Waals surface area contributed by atoms with Crippen LogP contribution in [0, 0.1) is 6.92 Å². The van der Waals surface area contributed by atoms with E-state index >= 15 is 0 Å². The van der Waals surface area contributed by atoms with E-state index in [1.54, 1.807) is 7.11 Å². The molecule has 0 aliphatic heterocycles. The first-order valence-corrected chi connectivity index (χ1v) is 6.99. The average Bonchev–Trinajstić information content (AvgIpc) is 2.81. The zero-order valence-electron chi connectivity index (χ0n) is 11.1. The van der Waals surface area contributed by atoms with Gasteiger partial charge in [-0.15, -0.1) is 11.3 Å². The third-order valence-electron chi connectivity index (χ3n) is 3.13. The van der Waals surface area contributed by atoms with Gasteiger partial charge in [0.25, 0.3) is 0 Å². The van der Waals surface area contributed by atoms with Crippen molar-refractivity contribution in [1.29, 1.82) is 0 Å². The molecule has 0 saturated carbocycles. The van der Waals surface area contributed by atoms with Gasteiger partial charge in [0.2, 0.25) is 0 Å². The van der Waals surface area contributed by atoms with E-state index < -0.39 is 0 Å². The van der Waals surface area contributed by atoms with Gasteiger partial charge in [0.15, 0.2) is 0 Å². The third-order valence-corrected chi connectivity index (χ3v) is 4.15. The van der Waals surface area contributed by atoms with E-state index in [1.165, 1.54) is 16.0 Å². The Balaban J connectivity index is 1.99. The van der Waals surface area contributed by atoms with Crippen LogP contribution >= 0.6 is 11.3 Å². The summed E-state index contributed by atoms with van der Waals surface area (Å²) in [5.41, 5.74) is 2.62. The number of hydrogen-bond donors (Lipinski definition) is 1. The molecule has 0 aliphatic carbocycles. The van der Waals surface area contributed by atoms with Crippen LogP contribution in [0.1, 0.15) is 29.0 Å². The summed E-state index contributed by atoms with van der Waals surface area (Å²) in [5, 5.41) is 5.69. The van der Waals surface area contributed by atoms with Crippen molar-refractivity contribution in [3.05, 3.63) is 51.7 Å². The fourth-order valence-electron chi connectivity index (χ4n) is 1.86. The maximum absolute atomic E-state index is 5.25. The molecule has 3 heteroatoms. The van der Waals surface area contributed by atoms with Crippen molar-refractivity contribution in [3.63, 3.8) is 0 Å². The molecule has 0 fully saturated rings. The Bertz CT molecular complexity index is 507. The van der Waals surface area contributed by atoms with Crippen molar-refractivity contribution in [1.82, 2.24) is 5.32 Å². The van der Waals surface area contributed by atoms with E-state index in [0.717, 1.165) is 12.3 Å². The molecule has 2 nitrogen and oxygen atoms in total. The van der Waals surface area contributed by atoms with Crippen LogP contribution in [-0.2, 0) is 6.54 Å². The Labute approximate surface area is 113 Å². The standard InChI is InChI=1S/C15H19NOS/c1-11-7-8-18-15(11)10-16-12(2)13-5-4-6-14(9-13)17-3/h4-9,12,16H,10H2,1-3H3/t12-/m0/s1. The van der Waals surface area contributed by atoms with Gasteiger partial charge in [-0.05, 0) is 48.6 Å². The second-order valence-electron chi connectivity index (χ2n) is 4.41. The summed E-state index contributed by atoms with van der Waals surface area (Å²) >= 11 is 1.81. The van der Waals surface area contributed by atoms with Crippen LogP contribution < -0.4 is 10.1 Å². The van der Waals surface area contributed by atoms with Crippen LogP contribution in [0.3, 0.4) is 0 Å². The quantitative estimate of drug-likeness (QED) is 0.881. The zero-order valence-corrected chi connectivity index (χ0v) is 11.9. The summed E-state index contributed by atoms with van der Waals surface area (Å²) < 4.78 is 5.25. The summed E-state index contributed by atoms with van der Waals surface area (Å²) in [5.74, 6) is 0.911. The van der Waals surface area contributed by atoms with Gasteiger partial charge in [-0.3, -0.25) is 0 Å². The Morgan fingerprint density at radius 1 is 1.33 bits per heavy atom. The monoisotopic (exact) mass is 261 g/mol. The van der Waals surface area contributed by atoms with Gasteiger partial charge in [-0.1, -0.05) is 12.1 Å². The van der Waals surface area contributed by atoms with Crippen LogP contribution in [-0.4, -0.2) is 7.11 Å². The lowest BCUT2D eigenvalue weighted by atomic mass is 10.1. The molecule has 1 aromatic carbocycles. The Kier molecular flexibility index (Phi) is 4.39. The highest BCUT2D eigenvalue weighted by Gasteiger charge is 2.07. The molecule has 2 aromatic rings. The van der Waals surface area contributed by atoms with Crippen molar-refractivity contribution in [2.75, 3.05) is 7.11 Å². The van der Waals surface area contributed by atoms with Crippen molar-refractivity contribution in [2.45, 2.75) is 26.4 Å². The lowest BCUT2D eigenvalue weighted by Crippen LogP contribution is -2.17. The van der Waals surface area contributed by atoms with E-state index in [-0.39, 0.29) is 0 Å². The molecule has 0 radical (unpaired) electrons. The van der Waals surface area contributed by atoms with Crippen LogP contribution in [0.15, 0.2) is 35.7 Å². The molecule has 1 atom stereocenters. The first kappa shape index (κ1) is 13.1. The molecule has 1 aromatic heterocycles. The predicted molar refractivity (Wildman–Crippen MR) is 77.3 cm³/mol. The molecule has 1 N–H and O–H groups in total. The first-order chi connectivity index (χ1) is 8.70. The van der Waals surface area contributed by atoms with Gasteiger partial charge < -0.3 is 10.1 Å². The molecule has 0 spiro atoms. The minimum atomic E-state index is 0.321. The van der Waals surface area contributed by atoms with Crippen molar-refractivity contribution in [2.24, 2.45) is 0 Å². The number of aryl methyl sites for hydroxylation is 1. The fraction of sp³-hybridized carbons (Fsp3) is 0.333. The Hall–Kier alpha value is -1.32. The van der Waals surface area contributed by atoms with Crippen molar-refractivity contribution < 1.29 is 4.74 Å². The Morgan fingerprint density at radius 2 is 2.17 bits per heavy atom. The lowest BCUT2D eigenvalue weighted by Gasteiger charge is -2.15. The van der Waals surface area contributed by atoms with E-state index in [2.05, 4.69) is 42.7 Å². The van der Waals surface area contributed by atoms with Gasteiger partial charge >= 0.3 is 0 Å². The van der Waals surface area contributed by atoms with Gasteiger partial charge in [-0.25, -0.2) is 0 Å². The maximum Gasteiger partial charge on any atom is 0.119 e. The molecule has 2 rings (SSSR count). The predicted octanol–water partition coefficient (Wildman–Crippen LogP) is 3.92. The molecular formula is C15H19NOS. The summed E-state index contributed by atoms with van der Waals surface area (Å²) in [4.78, 5) is 1.41. The van der Waals surface area contributed by atoms with Crippen LogP contribution in [0.4, 0.5) is 0 Å². The number of nitrogens with one attached hydrogen (secondary N) is 1. The van der Waals surface area contributed by atoms with Crippen LogP contribution in [0.25, 0.3) is 0 Å². The SMILES string of the molecule is COc1cccc([C@H](C)NCc2sccc2C)c1. The van der Waals surface area contributed by atoms with Crippen LogP contribution in [0.2, 0.25) is 0 Å². The van der Waals surface area contributed by atoms with E-state index in [0.29, 0.717) is 6.04 Å². The number of ether oxygens (including phenoxy) is 1. The number of thiophene rings is 1. The van der Waals surface area contributed by atoms with Gasteiger partial charge in [0.1, 0.15) is 5.75 Å². The third kappa shape index (κ3) is 3.12. The molecule has 1 heterocycles. The van der Waals surface area contributed by atoms with E-state index in [4.69, 9.17) is 4.74 Å². The second-order valence-corrected chi connectivity index (χ2v) is 5.41. The summed E-state index contributed by atoms with van der Waals surface area (Å²) in [6, 6.07) is 10.7. The molecule has 0 unspecified atom stereocenters. The van der Waals surface area contributed by atoms with E-state index in [1.807, 2.05) is 23.5 Å². The highest BCUT2D eigenvalue weighted by Crippen LogP contribution is 2.20. The number of hydrogen-bond acceptors (Lipinski definition) is 3. The number of methoxy groups -OCH3 is 1. The largest absolute Gasteiger partial charge is 0.497 e. The first-order valence-electron chi connectivity index (χ1n) is 6.11. The topological polar surface area (TPSA) is 21.3 Å². The summed E-state index contributed by atoms with van der Waals surface area (Å²) in [7, 11) is 1.70. The van der Waals surface area contributed by atoms with Crippen molar-refractivity contribution in [3.8, 4) is 5.75 Å². The maximum atomic E-state index is 5.25. The normalized spacial score (nSPS) is 12.4. The van der Waals surface area contributed by atoms with Crippen molar-refractivity contribution >= 4 is 11.3 Å². The zero-order chi connectivity index (χ0) is 13.0. The highest BCUT2D eigenvalue weighted by atomic mass is 32.1. The minimum absolute atomic E-state index is 0.321. The summed E-state index contributed by atoms with van der Waals surface area (Å²) in [6.45, 7) is 5.25. The lowest BCUT2D eigenvalue weighted by molar-refractivity contribution is 0.413. The molecule has 0 bridgehead atoms. The summed E-state index contributed by atoms with van der Waals surface area (Å²) in [6.07, 6.45) is 0. The molecule has 0 amide bonds. The number of benzene rings is 1. The molecule has 18 heavy (non-hydrogen) atoms. The minimum Gasteiger partial charge on any atom is -0.497 e. The fourth-order valence-corrected chi connectivity index (χ4v) is 2.72. The second kappa shape index (κ2) is 6.03. The number of rotatable bonds is 5. The molecular weight excluding hydrogens is 242 g/mol. The van der Waals surface area contributed by atoms with Gasteiger partial charge in [0, 0.05) is 17.5 Å². The highest BCUT2D eigenvalue weighted by molar-refractivity contribution is 7.10. The smallest absolute Gasteiger partial charge is 0.119 e. The van der Waals surface area contributed by atoms with Gasteiger partial charge in [-0.2, -0.15) is 0 Å².